The summed E-state index contributed by atoms with van der Waals surface area (Å²) in [6, 6.07) is 4.97. The molecular formula is C14H22ClNS. The first-order valence-corrected chi connectivity index (χ1v) is 7.67. The highest BCUT2D eigenvalue weighted by Gasteiger charge is 2.31. The van der Waals surface area contributed by atoms with Crippen molar-refractivity contribution in [2.75, 3.05) is 6.54 Å². The zero-order valence-electron chi connectivity index (χ0n) is 10.9. The normalized spacial score (nSPS) is 19.6. The van der Waals surface area contributed by atoms with Crippen molar-refractivity contribution in [2.24, 2.45) is 11.3 Å². The summed E-state index contributed by atoms with van der Waals surface area (Å²) < 4.78 is 0.904. The molecular weight excluding hydrogens is 250 g/mol. The molecule has 0 spiro atoms. The van der Waals surface area contributed by atoms with Gasteiger partial charge in [0.2, 0.25) is 0 Å². The zero-order chi connectivity index (χ0) is 12.5. The number of hydrogen-bond donors (Lipinski definition) is 1. The number of thiophene rings is 1. The Morgan fingerprint density at radius 2 is 2.18 bits per heavy atom. The van der Waals surface area contributed by atoms with Gasteiger partial charge in [0.1, 0.15) is 0 Å². The molecule has 1 unspecified atom stereocenters. The first kappa shape index (κ1) is 13.4. The molecule has 1 aromatic heterocycles. The van der Waals surface area contributed by atoms with Crippen molar-refractivity contribution in [1.82, 2.24) is 5.32 Å². The quantitative estimate of drug-likeness (QED) is 0.811. The first-order chi connectivity index (χ1) is 7.99. The monoisotopic (exact) mass is 271 g/mol. The van der Waals surface area contributed by atoms with Gasteiger partial charge in [0.05, 0.1) is 4.34 Å². The lowest BCUT2D eigenvalue weighted by molar-refractivity contribution is 0.208. The third-order valence-corrected chi connectivity index (χ3v) is 5.20. The van der Waals surface area contributed by atoms with Gasteiger partial charge in [0.15, 0.2) is 0 Å². The van der Waals surface area contributed by atoms with Gasteiger partial charge < -0.3 is 5.32 Å². The van der Waals surface area contributed by atoms with E-state index < -0.39 is 0 Å². The Bertz CT molecular complexity index is 370. The fourth-order valence-corrected chi connectivity index (χ4v) is 3.27. The maximum atomic E-state index is 6.01. The summed E-state index contributed by atoms with van der Waals surface area (Å²) in [6.07, 6.45) is 3.85. The molecule has 0 amide bonds. The van der Waals surface area contributed by atoms with Crippen molar-refractivity contribution < 1.29 is 0 Å². The molecule has 1 fully saturated rings. The van der Waals surface area contributed by atoms with Gasteiger partial charge >= 0.3 is 0 Å². The minimum absolute atomic E-state index is 0.330. The molecule has 17 heavy (non-hydrogen) atoms. The molecule has 0 bridgehead atoms. The van der Waals surface area contributed by atoms with Crippen LogP contribution in [0.5, 0.6) is 0 Å². The predicted molar refractivity (Wildman–Crippen MR) is 77.0 cm³/mol. The molecule has 1 atom stereocenters. The molecule has 1 nitrogen and oxygen atoms in total. The molecule has 1 aromatic rings. The van der Waals surface area contributed by atoms with E-state index in [1.54, 1.807) is 11.3 Å². The highest BCUT2D eigenvalue weighted by atomic mass is 35.5. The van der Waals surface area contributed by atoms with E-state index in [4.69, 9.17) is 11.6 Å². The van der Waals surface area contributed by atoms with Crippen LogP contribution < -0.4 is 5.32 Å². The molecule has 1 N–H and O–H groups in total. The van der Waals surface area contributed by atoms with Gasteiger partial charge in [-0.25, -0.2) is 0 Å². The minimum atomic E-state index is 0.330. The summed E-state index contributed by atoms with van der Waals surface area (Å²) in [6.45, 7) is 8.15. The van der Waals surface area contributed by atoms with Gasteiger partial charge in [-0.3, -0.25) is 0 Å². The second-order valence-electron chi connectivity index (χ2n) is 5.85. The third-order valence-electron chi connectivity index (χ3n) is 3.97. The Labute approximate surface area is 114 Å². The average molecular weight is 272 g/mol. The Morgan fingerprint density at radius 1 is 1.47 bits per heavy atom. The SMILES string of the molecule is CC(C)C(C)(CNC1CC1)Cc1ccc(Cl)s1. The van der Waals surface area contributed by atoms with E-state index in [1.807, 2.05) is 6.07 Å². The van der Waals surface area contributed by atoms with Crippen LogP contribution in [0.3, 0.4) is 0 Å². The largest absolute Gasteiger partial charge is 0.313 e. The Morgan fingerprint density at radius 3 is 2.65 bits per heavy atom. The second kappa shape index (κ2) is 5.29. The molecule has 0 aromatic carbocycles. The van der Waals surface area contributed by atoms with Crippen LogP contribution in [0.4, 0.5) is 0 Å². The zero-order valence-corrected chi connectivity index (χ0v) is 12.5. The fraction of sp³-hybridized carbons (Fsp3) is 0.714. The minimum Gasteiger partial charge on any atom is -0.313 e. The smallest absolute Gasteiger partial charge is 0.0931 e. The van der Waals surface area contributed by atoms with Crippen molar-refractivity contribution in [1.29, 1.82) is 0 Å². The standard InChI is InChI=1S/C14H22ClNS/c1-10(2)14(3,9-16-11-4-5-11)8-12-6-7-13(15)17-12/h6-7,10-11,16H,4-5,8-9H2,1-3H3. The maximum absolute atomic E-state index is 6.01. The van der Waals surface area contributed by atoms with E-state index in [9.17, 15) is 0 Å². The topological polar surface area (TPSA) is 12.0 Å². The van der Waals surface area contributed by atoms with Crippen LogP contribution in [0, 0.1) is 11.3 Å². The van der Waals surface area contributed by atoms with E-state index in [1.165, 1.54) is 17.7 Å². The molecule has 96 valence electrons. The van der Waals surface area contributed by atoms with Crippen LogP contribution in [0.1, 0.15) is 38.5 Å². The highest BCUT2D eigenvalue weighted by molar-refractivity contribution is 7.16. The van der Waals surface area contributed by atoms with Crippen LogP contribution in [-0.4, -0.2) is 12.6 Å². The Balaban J connectivity index is 1.98. The molecule has 0 saturated heterocycles. The van der Waals surface area contributed by atoms with Gasteiger partial charge in [-0.05, 0) is 42.7 Å². The lowest BCUT2D eigenvalue weighted by Gasteiger charge is -2.34. The Hall–Kier alpha value is -0.0500. The molecule has 1 saturated carbocycles. The van der Waals surface area contributed by atoms with E-state index in [0.29, 0.717) is 11.3 Å². The Kier molecular flexibility index (Phi) is 4.17. The van der Waals surface area contributed by atoms with Gasteiger partial charge in [-0.1, -0.05) is 32.4 Å². The van der Waals surface area contributed by atoms with Crippen molar-refractivity contribution >= 4 is 22.9 Å². The predicted octanol–water partition coefficient (Wildman–Crippen LogP) is 4.36. The van der Waals surface area contributed by atoms with E-state index >= 15 is 0 Å². The number of hydrogen-bond acceptors (Lipinski definition) is 2. The molecule has 0 aliphatic heterocycles. The lowest BCUT2D eigenvalue weighted by atomic mass is 9.76. The van der Waals surface area contributed by atoms with E-state index in [0.717, 1.165) is 23.3 Å². The van der Waals surface area contributed by atoms with Gasteiger partial charge in [-0.15, -0.1) is 11.3 Å². The van der Waals surface area contributed by atoms with Crippen LogP contribution in [-0.2, 0) is 6.42 Å². The third kappa shape index (κ3) is 3.70. The molecule has 2 rings (SSSR count). The van der Waals surface area contributed by atoms with Gasteiger partial charge in [-0.2, -0.15) is 0 Å². The number of nitrogens with one attached hydrogen (secondary N) is 1. The van der Waals surface area contributed by atoms with Crippen LogP contribution in [0.25, 0.3) is 0 Å². The van der Waals surface area contributed by atoms with Crippen molar-refractivity contribution in [3.05, 3.63) is 21.3 Å². The van der Waals surface area contributed by atoms with Gasteiger partial charge in [0, 0.05) is 17.5 Å². The van der Waals surface area contributed by atoms with Crippen LogP contribution >= 0.6 is 22.9 Å². The van der Waals surface area contributed by atoms with Crippen molar-refractivity contribution in [3.63, 3.8) is 0 Å². The van der Waals surface area contributed by atoms with Crippen LogP contribution in [0.2, 0.25) is 4.34 Å². The summed E-state index contributed by atoms with van der Waals surface area (Å²) in [7, 11) is 0. The van der Waals surface area contributed by atoms with Crippen molar-refractivity contribution in [2.45, 2.75) is 46.1 Å². The molecule has 0 radical (unpaired) electrons. The van der Waals surface area contributed by atoms with E-state index in [2.05, 4.69) is 32.2 Å². The highest BCUT2D eigenvalue weighted by Crippen LogP contribution is 2.35. The number of halogens is 1. The summed E-state index contributed by atoms with van der Waals surface area (Å²) in [4.78, 5) is 1.41. The molecule has 3 heteroatoms. The first-order valence-electron chi connectivity index (χ1n) is 6.47. The van der Waals surface area contributed by atoms with Crippen LogP contribution in [0.15, 0.2) is 12.1 Å². The lowest BCUT2D eigenvalue weighted by Crippen LogP contribution is -2.38. The van der Waals surface area contributed by atoms with E-state index in [-0.39, 0.29) is 0 Å². The average Bonchev–Trinajstić information content (AvgIpc) is 3.00. The van der Waals surface area contributed by atoms with Gasteiger partial charge in [0.25, 0.3) is 0 Å². The second-order valence-corrected chi connectivity index (χ2v) is 7.65. The summed E-state index contributed by atoms with van der Waals surface area (Å²) in [5, 5.41) is 3.68. The maximum Gasteiger partial charge on any atom is 0.0931 e. The van der Waals surface area contributed by atoms with Crippen molar-refractivity contribution in [3.8, 4) is 0 Å². The molecule has 1 heterocycles. The fourth-order valence-electron chi connectivity index (χ4n) is 1.98. The molecule has 1 aliphatic rings. The summed E-state index contributed by atoms with van der Waals surface area (Å²) >= 11 is 7.73. The number of rotatable bonds is 6. The summed E-state index contributed by atoms with van der Waals surface area (Å²) in [5.41, 5.74) is 0.330. The summed E-state index contributed by atoms with van der Waals surface area (Å²) in [5.74, 6) is 0.676. The molecule has 1 aliphatic carbocycles.